The number of carbonyl (C=O) groups is 1. The zero-order valence-corrected chi connectivity index (χ0v) is 6.92. The largest absolute Gasteiger partial charge is 0.346 e. The molecule has 0 bridgehead atoms. The zero-order valence-electron chi connectivity index (χ0n) is 6.92. The first-order chi connectivity index (χ1) is 4.57. The van der Waals surface area contributed by atoms with Crippen LogP contribution in [0.5, 0.6) is 0 Å². The molecule has 1 atom stereocenters. The standard InChI is InChI=1S/C7H16N2O/c1-4-9(3)7(10)5-6(2)8/h6H,4-5,8H2,1-3H3/t6-/m0/s1. The Labute approximate surface area is 62.2 Å². The van der Waals surface area contributed by atoms with E-state index < -0.39 is 0 Å². The van der Waals surface area contributed by atoms with Gasteiger partial charge in [-0.15, -0.1) is 0 Å². The van der Waals surface area contributed by atoms with E-state index in [1.807, 2.05) is 13.8 Å². The second kappa shape index (κ2) is 4.28. The maximum atomic E-state index is 11.0. The lowest BCUT2D eigenvalue weighted by Gasteiger charge is -2.15. The van der Waals surface area contributed by atoms with Crippen molar-refractivity contribution in [1.29, 1.82) is 0 Å². The van der Waals surface area contributed by atoms with Crippen LogP contribution in [0, 0.1) is 0 Å². The van der Waals surface area contributed by atoms with Crippen molar-refractivity contribution in [3.63, 3.8) is 0 Å². The molecule has 0 aliphatic carbocycles. The van der Waals surface area contributed by atoms with Gasteiger partial charge in [0.05, 0.1) is 0 Å². The highest BCUT2D eigenvalue weighted by Gasteiger charge is 2.07. The van der Waals surface area contributed by atoms with Gasteiger partial charge in [0.25, 0.3) is 0 Å². The predicted molar refractivity (Wildman–Crippen MR) is 41.6 cm³/mol. The minimum absolute atomic E-state index is 0.0264. The average Bonchev–Trinajstić information content (AvgIpc) is 1.85. The second-order valence-electron chi connectivity index (χ2n) is 2.59. The molecule has 0 aromatic carbocycles. The topological polar surface area (TPSA) is 46.3 Å². The van der Waals surface area contributed by atoms with E-state index in [9.17, 15) is 4.79 Å². The summed E-state index contributed by atoms with van der Waals surface area (Å²) >= 11 is 0. The first-order valence-electron chi connectivity index (χ1n) is 3.57. The monoisotopic (exact) mass is 144 g/mol. The first kappa shape index (κ1) is 9.43. The third kappa shape index (κ3) is 3.45. The van der Waals surface area contributed by atoms with Crippen LogP contribution >= 0.6 is 0 Å². The molecule has 0 aromatic heterocycles. The van der Waals surface area contributed by atoms with Crippen molar-refractivity contribution in [2.24, 2.45) is 5.73 Å². The Kier molecular flexibility index (Phi) is 4.03. The van der Waals surface area contributed by atoms with Gasteiger partial charge in [-0.3, -0.25) is 4.79 Å². The average molecular weight is 144 g/mol. The molecule has 0 heterocycles. The van der Waals surface area contributed by atoms with Crippen LogP contribution < -0.4 is 5.73 Å². The molecule has 3 heteroatoms. The zero-order chi connectivity index (χ0) is 8.15. The van der Waals surface area contributed by atoms with Crippen molar-refractivity contribution in [2.45, 2.75) is 26.3 Å². The van der Waals surface area contributed by atoms with Crippen LogP contribution in [-0.4, -0.2) is 30.4 Å². The van der Waals surface area contributed by atoms with Gasteiger partial charge in [-0.2, -0.15) is 0 Å². The highest BCUT2D eigenvalue weighted by Crippen LogP contribution is 1.92. The molecule has 0 saturated carbocycles. The third-order valence-electron chi connectivity index (χ3n) is 1.40. The lowest BCUT2D eigenvalue weighted by atomic mass is 10.2. The molecule has 1 amide bonds. The van der Waals surface area contributed by atoms with Crippen LogP contribution in [0.15, 0.2) is 0 Å². The number of carbonyl (C=O) groups excluding carboxylic acids is 1. The summed E-state index contributed by atoms with van der Waals surface area (Å²) in [6.07, 6.45) is 0.449. The molecule has 2 N–H and O–H groups in total. The number of hydrogen-bond acceptors (Lipinski definition) is 2. The van der Waals surface area contributed by atoms with Gasteiger partial charge >= 0.3 is 0 Å². The fraction of sp³-hybridized carbons (Fsp3) is 0.857. The van der Waals surface area contributed by atoms with Gasteiger partial charge in [0.1, 0.15) is 0 Å². The molecular weight excluding hydrogens is 128 g/mol. The Hall–Kier alpha value is -0.570. The molecule has 10 heavy (non-hydrogen) atoms. The van der Waals surface area contributed by atoms with Crippen LogP contribution in [0.3, 0.4) is 0 Å². The van der Waals surface area contributed by atoms with Crippen molar-refractivity contribution >= 4 is 5.91 Å². The Morgan fingerprint density at radius 2 is 2.20 bits per heavy atom. The lowest BCUT2D eigenvalue weighted by molar-refractivity contribution is -0.129. The van der Waals surface area contributed by atoms with Crippen LogP contribution in [0.4, 0.5) is 0 Å². The smallest absolute Gasteiger partial charge is 0.223 e. The van der Waals surface area contributed by atoms with E-state index >= 15 is 0 Å². The van der Waals surface area contributed by atoms with Crippen molar-refractivity contribution in [1.82, 2.24) is 4.90 Å². The SMILES string of the molecule is CCN(C)C(=O)C[C@H](C)N. The third-order valence-corrected chi connectivity index (χ3v) is 1.40. The lowest BCUT2D eigenvalue weighted by Crippen LogP contribution is -2.31. The Bertz CT molecular complexity index is 112. The molecule has 0 unspecified atom stereocenters. The maximum Gasteiger partial charge on any atom is 0.223 e. The fourth-order valence-electron chi connectivity index (χ4n) is 0.608. The van der Waals surface area contributed by atoms with Crippen molar-refractivity contribution in [3.05, 3.63) is 0 Å². The highest BCUT2D eigenvalue weighted by atomic mass is 16.2. The van der Waals surface area contributed by atoms with E-state index in [1.54, 1.807) is 11.9 Å². The van der Waals surface area contributed by atoms with Gasteiger partial charge in [0.15, 0.2) is 0 Å². The highest BCUT2D eigenvalue weighted by molar-refractivity contribution is 5.76. The van der Waals surface area contributed by atoms with Gasteiger partial charge in [-0.25, -0.2) is 0 Å². The van der Waals surface area contributed by atoms with Gasteiger partial charge in [-0.1, -0.05) is 0 Å². The van der Waals surface area contributed by atoms with Crippen molar-refractivity contribution in [2.75, 3.05) is 13.6 Å². The molecule has 3 nitrogen and oxygen atoms in total. The number of rotatable bonds is 3. The molecule has 0 fully saturated rings. The van der Waals surface area contributed by atoms with Crippen LogP contribution in [0.25, 0.3) is 0 Å². The van der Waals surface area contributed by atoms with Crippen LogP contribution in [-0.2, 0) is 4.79 Å². The summed E-state index contributed by atoms with van der Waals surface area (Å²) < 4.78 is 0. The minimum atomic E-state index is -0.0264. The van der Waals surface area contributed by atoms with Gasteiger partial charge in [-0.05, 0) is 13.8 Å². The summed E-state index contributed by atoms with van der Waals surface area (Å²) in [5.74, 6) is 0.123. The molecular formula is C7H16N2O. The summed E-state index contributed by atoms with van der Waals surface area (Å²) in [6, 6.07) is -0.0264. The van der Waals surface area contributed by atoms with E-state index in [0.717, 1.165) is 6.54 Å². The van der Waals surface area contributed by atoms with E-state index in [0.29, 0.717) is 6.42 Å². The molecule has 0 spiro atoms. The molecule has 0 aliphatic rings. The van der Waals surface area contributed by atoms with Gasteiger partial charge in [0.2, 0.25) is 5.91 Å². The molecule has 0 rings (SSSR count). The molecule has 0 aliphatic heterocycles. The number of nitrogens with zero attached hydrogens (tertiary/aromatic N) is 1. The summed E-state index contributed by atoms with van der Waals surface area (Å²) in [5.41, 5.74) is 5.44. The molecule has 60 valence electrons. The summed E-state index contributed by atoms with van der Waals surface area (Å²) in [4.78, 5) is 12.7. The maximum absolute atomic E-state index is 11.0. The molecule has 0 aromatic rings. The molecule has 0 saturated heterocycles. The first-order valence-corrected chi connectivity index (χ1v) is 3.57. The van der Waals surface area contributed by atoms with Crippen molar-refractivity contribution < 1.29 is 4.79 Å². The quantitative estimate of drug-likeness (QED) is 0.615. The summed E-state index contributed by atoms with van der Waals surface area (Å²) in [5, 5.41) is 0. The van der Waals surface area contributed by atoms with E-state index in [-0.39, 0.29) is 11.9 Å². The van der Waals surface area contributed by atoms with E-state index in [4.69, 9.17) is 5.73 Å². The summed E-state index contributed by atoms with van der Waals surface area (Å²) in [7, 11) is 1.78. The number of hydrogen-bond donors (Lipinski definition) is 1. The Morgan fingerprint density at radius 1 is 1.70 bits per heavy atom. The normalized spacial score (nSPS) is 12.8. The van der Waals surface area contributed by atoms with Crippen molar-refractivity contribution in [3.8, 4) is 0 Å². The minimum Gasteiger partial charge on any atom is -0.346 e. The van der Waals surface area contributed by atoms with Gasteiger partial charge < -0.3 is 10.6 Å². The predicted octanol–water partition coefficient (Wildman–Crippen LogP) is 0.202. The Balaban J connectivity index is 3.62. The number of amides is 1. The number of nitrogens with two attached hydrogens (primary N) is 1. The van der Waals surface area contributed by atoms with Crippen LogP contribution in [0.2, 0.25) is 0 Å². The van der Waals surface area contributed by atoms with Crippen LogP contribution in [0.1, 0.15) is 20.3 Å². The van der Waals surface area contributed by atoms with E-state index in [1.165, 1.54) is 0 Å². The Morgan fingerprint density at radius 3 is 2.50 bits per heavy atom. The summed E-state index contributed by atoms with van der Waals surface area (Å²) in [6.45, 7) is 4.53. The van der Waals surface area contributed by atoms with E-state index in [2.05, 4.69) is 0 Å². The second-order valence-corrected chi connectivity index (χ2v) is 2.59. The molecule has 0 radical (unpaired) electrons. The van der Waals surface area contributed by atoms with Gasteiger partial charge in [0, 0.05) is 26.1 Å². The fourth-order valence-corrected chi connectivity index (χ4v) is 0.608.